The van der Waals surface area contributed by atoms with Crippen LogP contribution in [0.5, 0.6) is 0 Å². The molecule has 0 bridgehead atoms. The molecule has 1 aromatic carbocycles. The van der Waals surface area contributed by atoms with Gasteiger partial charge in [0.1, 0.15) is 60.4 Å². The molecule has 89 heavy (non-hydrogen) atoms. The maximum absolute atomic E-state index is 14.5. The first-order valence-electron chi connectivity index (χ1n) is 30.5. The number of aliphatic hydroxyl groups is 2. The van der Waals surface area contributed by atoms with Gasteiger partial charge in [0.05, 0.1) is 12.2 Å². The second-order valence-corrected chi connectivity index (χ2v) is 22.2. The molecule has 24 N–H and O–H groups in total. The molecule has 0 aromatic heterocycles. The molecule has 1 fully saturated rings. The summed E-state index contributed by atoms with van der Waals surface area (Å²) < 4.78 is 0. The average molecular weight is 1260 g/mol. The van der Waals surface area contributed by atoms with Crippen molar-refractivity contribution in [2.75, 3.05) is 39.3 Å². The van der Waals surface area contributed by atoms with E-state index in [4.69, 9.17) is 38.6 Å². The largest absolute Gasteiger partial charge is 0.481 e. The number of nitrogens with one attached hydrogen (secondary N) is 11. The van der Waals surface area contributed by atoms with E-state index in [1.54, 1.807) is 44.2 Å². The number of carboxylic acid groups (broad SMARTS) is 1. The fourth-order valence-corrected chi connectivity index (χ4v) is 9.09. The van der Waals surface area contributed by atoms with Gasteiger partial charge in [0.25, 0.3) is 5.97 Å². The van der Waals surface area contributed by atoms with Gasteiger partial charge in [-0.05, 0) is 109 Å². The van der Waals surface area contributed by atoms with E-state index in [0.29, 0.717) is 24.3 Å². The predicted octanol–water partition coefficient (Wildman–Crippen LogP) is -5.15. The molecule has 0 aliphatic carbocycles. The van der Waals surface area contributed by atoms with Crippen molar-refractivity contribution in [1.82, 2.24) is 58.5 Å². The number of aliphatic carboxylic acids is 1. The zero-order valence-corrected chi connectivity index (χ0v) is 52.5. The topological polar surface area (TPSA) is 528 Å². The Labute approximate surface area is 520 Å². The van der Waals surface area contributed by atoms with E-state index >= 15 is 0 Å². The zero-order chi connectivity index (χ0) is 67.3. The van der Waals surface area contributed by atoms with Crippen LogP contribution in [0, 0.1) is 11.8 Å². The van der Waals surface area contributed by atoms with Crippen molar-refractivity contribution in [3.05, 3.63) is 35.9 Å². The third kappa shape index (κ3) is 30.1. The van der Waals surface area contributed by atoms with Gasteiger partial charge in [0.2, 0.25) is 65.0 Å². The number of carbonyl (C=O) groups is 12. The molecule has 0 unspecified atom stereocenters. The molecule has 31 heteroatoms. The lowest BCUT2D eigenvalue weighted by atomic mass is 9.96. The highest BCUT2D eigenvalue weighted by atomic mass is 16.4. The highest BCUT2D eigenvalue weighted by molar-refractivity contribution is 5.99. The van der Waals surface area contributed by atoms with E-state index < -0.39 is 162 Å². The van der Waals surface area contributed by atoms with Gasteiger partial charge in [0.15, 0.2) is 0 Å². The molecule has 1 heterocycles. The molecule has 1 aliphatic rings. The van der Waals surface area contributed by atoms with E-state index in [2.05, 4.69) is 72.3 Å². The van der Waals surface area contributed by atoms with Crippen LogP contribution in [0.1, 0.15) is 131 Å². The molecule has 1 saturated heterocycles. The van der Waals surface area contributed by atoms with Gasteiger partial charge in [-0.1, -0.05) is 83.7 Å². The van der Waals surface area contributed by atoms with E-state index in [9.17, 15) is 63.0 Å². The number of hydrogen-bond acceptors (Lipinski definition) is 19. The number of unbranched alkanes of at least 4 members (excludes halogenated alkanes) is 1. The minimum Gasteiger partial charge on any atom is -0.481 e. The van der Waals surface area contributed by atoms with Crippen LogP contribution in [0.25, 0.3) is 0 Å². The van der Waals surface area contributed by atoms with Crippen molar-refractivity contribution in [3.8, 4) is 0 Å². The smallest absolute Gasteiger partial charge is 0.300 e. The lowest BCUT2D eigenvalue weighted by Gasteiger charge is -2.30. The Hall–Kier alpha value is -7.42. The molecule has 14 atom stereocenters. The Bertz CT molecular complexity index is 2420. The van der Waals surface area contributed by atoms with Gasteiger partial charge in [0, 0.05) is 26.3 Å². The van der Waals surface area contributed by atoms with Crippen molar-refractivity contribution < 1.29 is 72.9 Å². The van der Waals surface area contributed by atoms with Crippen LogP contribution in [-0.4, -0.2) is 198 Å². The summed E-state index contributed by atoms with van der Waals surface area (Å²) in [5, 5.41) is 57.1. The zero-order valence-electron chi connectivity index (χ0n) is 52.5. The fourth-order valence-electron chi connectivity index (χ4n) is 9.09. The lowest BCUT2D eigenvalue weighted by molar-refractivity contribution is -0.137. The molecule has 31 nitrogen and oxygen atoms in total. The molecular formula is C58H102N16O15. The molecule has 0 saturated carbocycles. The monoisotopic (exact) mass is 1260 g/mol. The number of amides is 11. The van der Waals surface area contributed by atoms with Gasteiger partial charge < -0.3 is 102 Å². The standard InChI is InChI=1S/C56H98N16O13.C2H4O2/c1-7-31(3)14-12-13-17-43(75)63-36(18-24-57)51(80)72-46(34(6)74)56(85)68-39(21-27-60)48(77)66-41-23-29-62-54(83)45(33(5)73)71-52(81)40(22-28-61)65-47(76)38(20-26-59)67-55(84)44(32(4)8-2)70-53(82)42(30-35-15-10-9-11-16-35)69-49(78)37(19-25-58)64-50(41)79;1-2(3)4/h9-11,15-16,31-34,36-42,44-46,73-74H,7-8,12-14,17-30,57-61H2,1-6H3,(H,62,83)(H,63,75)(H,64,79)(H,65,76)(H,66,77)(H,67,84)(H,68,85)(H,69,78)(H,70,82)(H,71,81)(H,72,80);1H3,(H,3,4)/t31-,32-,33+,34+,36-,37-,38-,39-,40-,41-,42+,44-,45-,46-;/m0./s1. The highest BCUT2D eigenvalue weighted by Gasteiger charge is 2.38. The van der Waals surface area contributed by atoms with Gasteiger partial charge in [-0.15, -0.1) is 0 Å². The number of carboxylic acids is 1. The number of hydrogen-bond donors (Lipinski definition) is 19. The second-order valence-electron chi connectivity index (χ2n) is 22.2. The SMILES string of the molecule is CC(=O)O.CC[C@H](C)CCCCC(=O)N[C@@H](CCN)C(=O)N[C@H](C(=O)N[C@@H](CCN)C(=O)N[C@H]1CCNC(=O)[C@H]([C@@H](C)O)NC(=O)[C@H](CCN)NC(=O)[C@H](CCN)NC(=O)[C@H]([C@@H](C)CC)NC(=O)[C@@H](Cc2ccccc2)NC(=O)[C@H](CCN)NC1=O)[C@@H](C)O. The Morgan fingerprint density at radius 3 is 1.54 bits per heavy atom. The van der Waals surface area contributed by atoms with Gasteiger partial charge >= 0.3 is 0 Å². The van der Waals surface area contributed by atoms with E-state index in [-0.39, 0.29) is 77.7 Å². The van der Waals surface area contributed by atoms with Crippen molar-refractivity contribution in [2.24, 2.45) is 40.5 Å². The average Bonchev–Trinajstić information content (AvgIpc) is 3.20. The fraction of sp³-hybridized carbons (Fsp3) is 0.690. The molecule has 1 aliphatic heterocycles. The maximum atomic E-state index is 14.5. The van der Waals surface area contributed by atoms with Crippen molar-refractivity contribution >= 4 is 70.9 Å². The van der Waals surface area contributed by atoms with Crippen LogP contribution in [-0.2, 0) is 64.0 Å². The molecule has 0 spiro atoms. The maximum Gasteiger partial charge on any atom is 0.300 e. The molecule has 504 valence electrons. The van der Waals surface area contributed by atoms with Crippen LogP contribution >= 0.6 is 0 Å². The lowest BCUT2D eigenvalue weighted by Crippen LogP contribution is -2.62. The van der Waals surface area contributed by atoms with Crippen LogP contribution in [0.15, 0.2) is 30.3 Å². The van der Waals surface area contributed by atoms with Crippen LogP contribution in [0.3, 0.4) is 0 Å². The van der Waals surface area contributed by atoms with Crippen molar-refractivity contribution in [3.63, 3.8) is 0 Å². The molecule has 1 aromatic rings. The van der Waals surface area contributed by atoms with E-state index in [0.717, 1.165) is 26.2 Å². The predicted molar refractivity (Wildman–Crippen MR) is 329 cm³/mol. The minimum atomic E-state index is -1.70. The Balaban J connectivity index is 0.00000958. The summed E-state index contributed by atoms with van der Waals surface area (Å²) in [4.78, 5) is 163. The molecule has 0 radical (unpaired) electrons. The Morgan fingerprint density at radius 1 is 0.562 bits per heavy atom. The quantitative estimate of drug-likeness (QED) is 0.0334. The summed E-state index contributed by atoms with van der Waals surface area (Å²) in [6.45, 7) is 9.95. The van der Waals surface area contributed by atoms with Crippen LogP contribution in [0.2, 0.25) is 0 Å². The summed E-state index contributed by atoms with van der Waals surface area (Å²) in [5.41, 5.74) is 29.9. The third-order valence-corrected chi connectivity index (χ3v) is 14.7. The van der Waals surface area contributed by atoms with E-state index in [1.807, 2.05) is 0 Å². The summed E-state index contributed by atoms with van der Waals surface area (Å²) in [6.07, 6.45) is -0.756. The van der Waals surface area contributed by atoms with Gasteiger partial charge in [-0.2, -0.15) is 0 Å². The van der Waals surface area contributed by atoms with Crippen molar-refractivity contribution in [1.29, 1.82) is 0 Å². The van der Waals surface area contributed by atoms with Crippen LogP contribution < -0.4 is 87.2 Å². The van der Waals surface area contributed by atoms with Crippen LogP contribution in [0.4, 0.5) is 0 Å². The number of rotatable bonds is 29. The molecule has 2 rings (SSSR count). The number of carbonyl (C=O) groups excluding carboxylic acids is 11. The normalized spacial score (nSPS) is 22.4. The summed E-state index contributed by atoms with van der Waals surface area (Å²) in [6, 6.07) is -6.25. The first kappa shape index (κ1) is 79.6. The third-order valence-electron chi connectivity index (χ3n) is 14.7. The summed E-state index contributed by atoms with van der Waals surface area (Å²) >= 11 is 0. The summed E-state index contributed by atoms with van der Waals surface area (Å²) in [7, 11) is 0. The Kier molecular flexibility index (Phi) is 38.7. The number of benzene rings is 1. The molecular weight excluding hydrogens is 1160 g/mol. The highest BCUT2D eigenvalue weighted by Crippen LogP contribution is 2.14. The van der Waals surface area contributed by atoms with Gasteiger partial charge in [-0.25, -0.2) is 0 Å². The van der Waals surface area contributed by atoms with Gasteiger partial charge in [-0.3, -0.25) is 57.5 Å². The minimum absolute atomic E-state index is 0.0173. The first-order chi connectivity index (χ1) is 42.1. The molecule has 11 amide bonds. The second kappa shape index (κ2) is 43.3. The first-order valence-corrected chi connectivity index (χ1v) is 30.5. The number of nitrogens with two attached hydrogens (primary N) is 5. The number of aliphatic hydroxyl groups excluding tert-OH is 2. The van der Waals surface area contributed by atoms with Crippen molar-refractivity contribution in [2.45, 2.75) is 205 Å². The summed E-state index contributed by atoms with van der Waals surface area (Å²) in [5.74, 6) is -10.6. The van der Waals surface area contributed by atoms with E-state index in [1.165, 1.54) is 13.8 Å². The Morgan fingerprint density at radius 2 is 1.04 bits per heavy atom.